The van der Waals surface area contributed by atoms with Crippen molar-refractivity contribution in [1.29, 1.82) is 0 Å². The first-order chi connectivity index (χ1) is 13.6. The molecule has 0 N–H and O–H groups in total. The monoisotopic (exact) mass is 484 g/mol. The minimum absolute atomic E-state index is 1.19. The fraction of sp³-hybridized carbons (Fsp3) is 0.481. The van der Waals surface area contributed by atoms with Crippen LogP contribution in [0.4, 0.5) is 0 Å². The Morgan fingerprint density at radius 3 is 1.75 bits per heavy atom. The third-order valence-electron chi connectivity index (χ3n) is 6.32. The molecule has 0 amide bonds. The summed E-state index contributed by atoms with van der Waals surface area (Å²) < 4.78 is 6.40. The van der Waals surface area contributed by atoms with Gasteiger partial charge >= 0.3 is 179 Å². The van der Waals surface area contributed by atoms with Crippen molar-refractivity contribution in [2.24, 2.45) is 0 Å². The maximum absolute atomic E-state index is 3.87. The Morgan fingerprint density at radius 2 is 1.32 bits per heavy atom. The third kappa shape index (κ3) is 5.99. The van der Waals surface area contributed by atoms with Gasteiger partial charge in [-0.15, -0.1) is 0 Å². The van der Waals surface area contributed by atoms with Crippen LogP contribution in [0.5, 0.6) is 0 Å². The van der Waals surface area contributed by atoms with Gasteiger partial charge in [0.1, 0.15) is 0 Å². The molecule has 0 aliphatic rings. The molecule has 0 saturated carbocycles. The van der Waals surface area contributed by atoms with E-state index in [1.54, 1.807) is 3.58 Å². The molecule has 28 heavy (non-hydrogen) atoms. The summed E-state index contributed by atoms with van der Waals surface area (Å²) in [5.74, 6) is 0. The summed E-state index contributed by atoms with van der Waals surface area (Å²) >= 11 is -2.33. The molecule has 0 fully saturated rings. The van der Waals surface area contributed by atoms with Gasteiger partial charge in [-0.2, -0.15) is 0 Å². The first-order valence-corrected chi connectivity index (χ1v) is 18.9. The van der Waals surface area contributed by atoms with Gasteiger partial charge in [-0.3, -0.25) is 0 Å². The molecule has 0 aliphatic heterocycles. The van der Waals surface area contributed by atoms with Gasteiger partial charge in [0.25, 0.3) is 0 Å². The van der Waals surface area contributed by atoms with E-state index in [-0.39, 0.29) is 0 Å². The number of unbranched alkanes of at least 4 members (excludes halogenated alkanes) is 3. The number of hydrogen-bond acceptors (Lipinski definition) is 0. The van der Waals surface area contributed by atoms with Crippen LogP contribution < -0.4 is 3.58 Å². The summed E-state index contributed by atoms with van der Waals surface area (Å²) in [6.07, 6.45) is 10.2. The van der Waals surface area contributed by atoms with Gasteiger partial charge in [-0.05, 0) is 0 Å². The third-order valence-corrected chi connectivity index (χ3v) is 21.9. The fourth-order valence-corrected chi connectivity index (χ4v) is 20.6. The van der Waals surface area contributed by atoms with Crippen LogP contribution in [0.1, 0.15) is 70.4 Å². The van der Waals surface area contributed by atoms with Gasteiger partial charge in [0, 0.05) is 0 Å². The molecule has 0 aliphatic carbocycles. The first-order valence-electron chi connectivity index (χ1n) is 11.4. The van der Waals surface area contributed by atoms with Gasteiger partial charge in [-0.1, -0.05) is 0 Å². The Labute approximate surface area is 178 Å². The van der Waals surface area contributed by atoms with Crippen LogP contribution >= 0.6 is 0 Å². The van der Waals surface area contributed by atoms with Gasteiger partial charge in [0.2, 0.25) is 0 Å². The molecule has 2 aromatic carbocycles. The molecule has 0 aromatic heterocycles. The van der Waals surface area contributed by atoms with Crippen molar-refractivity contribution in [2.75, 3.05) is 0 Å². The second kappa shape index (κ2) is 11.9. The first kappa shape index (κ1) is 23.3. The summed E-state index contributed by atoms with van der Waals surface area (Å²) in [5.41, 5.74) is 5.36. The van der Waals surface area contributed by atoms with E-state index < -0.39 is 18.4 Å². The average molecular weight is 483 g/mol. The summed E-state index contributed by atoms with van der Waals surface area (Å²) in [4.78, 5) is 0. The minimum atomic E-state index is -2.33. The molecule has 1 heteroatoms. The summed E-state index contributed by atoms with van der Waals surface area (Å²) in [7, 11) is 0. The molecule has 0 nitrogen and oxygen atoms in total. The summed E-state index contributed by atoms with van der Waals surface area (Å²) in [6.45, 7) is 13.3. The molecule has 0 heterocycles. The Hall–Kier alpha value is -1.02. The number of rotatable bonds is 12. The van der Waals surface area contributed by atoms with E-state index in [0.717, 1.165) is 0 Å². The van der Waals surface area contributed by atoms with E-state index >= 15 is 0 Å². The Balaban J connectivity index is 2.41. The fourth-order valence-electron chi connectivity index (χ4n) is 4.47. The zero-order valence-corrected chi connectivity index (χ0v) is 21.5. The van der Waals surface area contributed by atoms with Crippen molar-refractivity contribution in [3.8, 4) is 11.1 Å². The van der Waals surface area contributed by atoms with Crippen LogP contribution in [0.2, 0.25) is 13.3 Å². The maximum atomic E-state index is 3.87. The van der Waals surface area contributed by atoms with Gasteiger partial charge in [-0.25, -0.2) is 0 Å². The van der Waals surface area contributed by atoms with Crippen LogP contribution in [0.25, 0.3) is 17.2 Å². The van der Waals surface area contributed by atoms with E-state index in [0.29, 0.717) is 0 Å². The zero-order chi connectivity index (χ0) is 20.4. The van der Waals surface area contributed by atoms with Crippen LogP contribution in [0, 0.1) is 6.92 Å². The molecule has 2 rings (SSSR count). The van der Waals surface area contributed by atoms with Crippen LogP contribution in [-0.4, -0.2) is 18.4 Å². The van der Waals surface area contributed by atoms with Gasteiger partial charge < -0.3 is 0 Å². The van der Waals surface area contributed by atoms with Crippen molar-refractivity contribution < 1.29 is 0 Å². The molecule has 0 unspecified atom stereocenters. The SMILES string of the molecule is C=Cc1ccc(-c2cc[c]([Sn]([CH2]CCC)([CH2]CCC)[CH2]CCC)cc2C)cc1. The van der Waals surface area contributed by atoms with E-state index in [9.17, 15) is 0 Å². The molecule has 0 saturated heterocycles. The van der Waals surface area contributed by atoms with Gasteiger partial charge in [0.05, 0.1) is 0 Å². The molecule has 2 aromatic rings. The summed E-state index contributed by atoms with van der Waals surface area (Å²) in [5, 5.41) is 0. The molecule has 0 spiro atoms. The van der Waals surface area contributed by atoms with Crippen LogP contribution in [0.3, 0.4) is 0 Å². The predicted octanol–water partition coefficient (Wildman–Crippen LogP) is 8.36. The van der Waals surface area contributed by atoms with Crippen molar-refractivity contribution in [2.45, 2.75) is 79.5 Å². The molecule has 0 atom stereocenters. The van der Waals surface area contributed by atoms with E-state index in [2.05, 4.69) is 76.7 Å². The Bertz CT molecular complexity index is 705. The van der Waals surface area contributed by atoms with Gasteiger partial charge in [0.15, 0.2) is 0 Å². The Kier molecular flexibility index (Phi) is 9.85. The average Bonchev–Trinajstić information content (AvgIpc) is 2.73. The molecular formula is C27H40Sn. The van der Waals surface area contributed by atoms with Crippen molar-refractivity contribution >= 4 is 28.0 Å². The second-order valence-electron chi connectivity index (χ2n) is 8.45. The zero-order valence-electron chi connectivity index (χ0n) is 18.7. The van der Waals surface area contributed by atoms with Crippen molar-refractivity contribution in [1.82, 2.24) is 0 Å². The topological polar surface area (TPSA) is 0 Å². The van der Waals surface area contributed by atoms with Crippen LogP contribution in [-0.2, 0) is 0 Å². The number of aryl methyl sites for hydroxylation is 1. The standard InChI is InChI=1S/C15H13.3C4H9.Sn/c1-3-13-8-10-14(11-9-13)15-7-5-4-6-12(15)2;3*1-3-4-2;/h3,5-11H,1H2,2H3;3*1,3-4H2,2H3;. The Morgan fingerprint density at radius 1 is 0.786 bits per heavy atom. The van der Waals surface area contributed by atoms with E-state index in [1.807, 2.05) is 6.08 Å². The normalized spacial score (nSPS) is 11.6. The number of benzene rings is 2. The molecule has 152 valence electrons. The van der Waals surface area contributed by atoms with Crippen LogP contribution in [0.15, 0.2) is 49.0 Å². The van der Waals surface area contributed by atoms with Crippen molar-refractivity contribution in [3.63, 3.8) is 0 Å². The van der Waals surface area contributed by atoms with E-state index in [4.69, 9.17) is 0 Å². The molecular weight excluding hydrogens is 443 g/mol. The second-order valence-corrected chi connectivity index (χ2v) is 21.7. The van der Waals surface area contributed by atoms with E-state index in [1.165, 1.54) is 74.1 Å². The number of hydrogen-bond donors (Lipinski definition) is 0. The predicted molar refractivity (Wildman–Crippen MR) is 131 cm³/mol. The molecule has 0 radical (unpaired) electrons. The van der Waals surface area contributed by atoms with Crippen molar-refractivity contribution in [3.05, 3.63) is 60.2 Å². The summed E-state index contributed by atoms with van der Waals surface area (Å²) in [6, 6.07) is 16.4. The quantitative estimate of drug-likeness (QED) is 0.266. The molecule has 0 bridgehead atoms.